The molecule has 0 spiro atoms. The van der Waals surface area contributed by atoms with E-state index in [4.69, 9.17) is 9.26 Å². The van der Waals surface area contributed by atoms with Crippen molar-refractivity contribution in [1.29, 1.82) is 0 Å². The van der Waals surface area contributed by atoms with Crippen LogP contribution in [0.2, 0.25) is 0 Å². The molecular formula is C12H11N3O5. The number of carbonyl (C=O) groups is 1. The van der Waals surface area contributed by atoms with Crippen LogP contribution in [0.3, 0.4) is 0 Å². The fraction of sp³-hybridized carbons (Fsp3) is 0.167. The van der Waals surface area contributed by atoms with Crippen LogP contribution >= 0.6 is 0 Å². The van der Waals surface area contributed by atoms with Crippen molar-refractivity contribution in [2.45, 2.75) is 6.92 Å². The summed E-state index contributed by atoms with van der Waals surface area (Å²) in [5, 5.41) is 16.9. The van der Waals surface area contributed by atoms with E-state index in [0.29, 0.717) is 5.76 Å². The summed E-state index contributed by atoms with van der Waals surface area (Å²) in [6.07, 6.45) is 0. The lowest BCUT2D eigenvalue weighted by molar-refractivity contribution is -0.385. The van der Waals surface area contributed by atoms with Crippen molar-refractivity contribution >= 4 is 17.3 Å². The first-order valence-corrected chi connectivity index (χ1v) is 5.58. The van der Waals surface area contributed by atoms with Gasteiger partial charge in [0.15, 0.2) is 11.4 Å². The molecule has 1 amide bonds. The Kier molecular flexibility index (Phi) is 3.65. The van der Waals surface area contributed by atoms with E-state index in [-0.39, 0.29) is 22.8 Å². The van der Waals surface area contributed by atoms with Gasteiger partial charge in [0, 0.05) is 17.8 Å². The minimum Gasteiger partial charge on any atom is -0.490 e. The predicted octanol–water partition coefficient (Wildman–Crippen LogP) is 2.15. The van der Waals surface area contributed by atoms with E-state index in [2.05, 4.69) is 10.5 Å². The van der Waals surface area contributed by atoms with Crippen molar-refractivity contribution in [3.05, 3.63) is 45.8 Å². The molecule has 0 fully saturated rings. The lowest BCUT2D eigenvalue weighted by atomic mass is 10.2. The quantitative estimate of drug-likeness (QED) is 0.677. The number of aromatic nitrogens is 1. The average molecular weight is 277 g/mol. The molecule has 1 N–H and O–H groups in total. The van der Waals surface area contributed by atoms with Crippen molar-refractivity contribution in [1.82, 2.24) is 5.16 Å². The van der Waals surface area contributed by atoms with Gasteiger partial charge in [0.2, 0.25) is 0 Å². The van der Waals surface area contributed by atoms with Gasteiger partial charge < -0.3 is 14.6 Å². The molecule has 0 atom stereocenters. The minimum absolute atomic E-state index is 0.0981. The molecule has 0 aliphatic rings. The molecule has 0 radical (unpaired) electrons. The number of nitro benzene ring substituents is 1. The Morgan fingerprint density at radius 3 is 2.75 bits per heavy atom. The number of nitro groups is 1. The molecule has 20 heavy (non-hydrogen) atoms. The van der Waals surface area contributed by atoms with Gasteiger partial charge in [-0.3, -0.25) is 14.9 Å². The zero-order chi connectivity index (χ0) is 14.7. The van der Waals surface area contributed by atoms with Crippen LogP contribution in [0.1, 0.15) is 16.2 Å². The summed E-state index contributed by atoms with van der Waals surface area (Å²) in [5.74, 6) is 0.0995. The smallest absolute Gasteiger partial charge is 0.312 e. The van der Waals surface area contributed by atoms with Gasteiger partial charge >= 0.3 is 5.69 Å². The molecule has 0 saturated carbocycles. The Balaban J connectivity index is 2.23. The summed E-state index contributed by atoms with van der Waals surface area (Å²) in [6.45, 7) is 1.65. The van der Waals surface area contributed by atoms with Gasteiger partial charge in [0.25, 0.3) is 5.91 Å². The molecule has 1 heterocycles. The molecule has 8 nitrogen and oxygen atoms in total. The van der Waals surface area contributed by atoms with E-state index in [1.165, 1.54) is 31.4 Å². The molecule has 0 bridgehead atoms. The average Bonchev–Trinajstić information content (AvgIpc) is 2.85. The molecule has 1 aromatic heterocycles. The number of nitrogens with zero attached hydrogens (tertiary/aromatic N) is 2. The molecule has 2 aromatic rings. The highest BCUT2D eigenvalue weighted by Crippen LogP contribution is 2.29. The van der Waals surface area contributed by atoms with E-state index >= 15 is 0 Å². The van der Waals surface area contributed by atoms with Gasteiger partial charge in [-0.25, -0.2) is 0 Å². The monoisotopic (exact) mass is 277 g/mol. The normalized spacial score (nSPS) is 10.1. The van der Waals surface area contributed by atoms with Crippen molar-refractivity contribution < 1.29 is 19.0 Å². The number of carbonyl (C=O) groups excluding carboxylic acids is 1. The summed E-state index contributed by atoms with van der Waals surface area (Å²) in [5.41, 5.74) is 0.130. The van der Waals surface area contributed by atoms with Gasteiger partial charge in [-0.1, -0.05) is 5.16 Å². The van der Waals surface area contributed by atoms with E-state index in [1.54, 1.807) is 6.92 Å². The fourth-order valence-electron chi connectivity index (χ4n) is 1.58. The Morgan fingerprint density at radius 1 is 1.45 bits per heavy atom. The highest BCUT2D eigenvalue weighted by molar-refractivity contribution is 6.03. The fourth-order valence-corrected chi connectivity index (χ4v) is 1.58. The zero-order valence-corrected chi connectivity index (χ0v) is 10.7. The lowest BCUT2D eigenvalue weighted by Gasteiger charge is -2.05. The molecule has 2 rings (SSSR count). The topological polar surface area (TPSA) is 108 Å². The van der Waals surface area contributed by atoms with Crippen LogP contribution in [0.25, 0.3) is 0 Å². The summed E-state index contributed by atoms with van der Waals surface area (Å²) in [4.78, 5) is 22.1. The maximum absolute atomic E-state index is 11.8. The molecule has 0 saturated heterocycles. The number of rotatable bonds is 4. The van der Waals surface area contributed by atoms with Gasteiger partial charge in [-0.15, -0.1) is 0 Å². The molecule has 1 aromatic carbocycles. The molecular weight excluding hydrogens is 266 g/mol. The van der Waals surface area contributed by atoms with Crippen LogP contribution in [0.4, 0.5) is 11.4 Å². The highest BCUT2D eigenvalue weighted by atomic mass is 16.6. The number of nitrogens with one attached hydrogen (secondary N) is 1. The molecule has 8 heteroatoms. The molecule has 104 valence electrons. The Morgan fingerprint density at radius 2 is 2.20 bits per heavy atom. The van der Waals surface area contributed by atoms with Crippen molar-refractivity contribution in [3.8, 4) is 5.75 Å². The third-order valence-electron chi connectivity index (χ3n) is 2.49. The number of anilines is 1. The van der Waals surface area contributed by atoms with E-state index in [0.717, 1.165) is 0 Å². The summed E-state index contributed by atoms with van der Waals surface area (Å²) in [7, 11) is 1.33. The van der Waals surface area contributed by atoms with E-state index in [1.807, 2.05) is 0 Å². The number of hydrogen-bond donors (Lipinski definition) is 1. The second-order valence-electron chi connectivity index (χ2n) is 3.92. The highest BCUT2D eigenvalue weighted by Gasteiger charge is 2.17. The van der Waals surface area contributed by atoms with Crippen LogP contribution in [0.5, 0.6) is 5.75 Å². The summed E-state index contributed by atoms with van der Waals surface area (Å²) < 4.78 is 9.66. The SMILES string of the molecule is COc1ccc(NC(=O)c2cc(C)on2)cc1[N+](=O)[O-]. The maximum atomic E-state index is 11.8. The number of amides is 1. The van der Waals surface area contributed by atoms with Crippen LogP contribution in [0, 0.1) is 17.0 Å². The largest absolute Gasteiger partial charge is 0.490 e. The third kappa shape index (κ3) is 2.74. The van der Waals surface area contributed by atoms with Crippen LogP contribution in [-0.4, -0.2) is 23.1 Å². The van der Waals surface area contributed by atoms with Crippen molar-refractivity contribution in [2.75, 3.05) is 12.4 Å². The molecule has 0 unspecified atom stereocenters. The van der Waals surface area contributed by atoms with Crippen molar-refractivity contribution in [3.63, 3.8) is 0 Å². The van der Waals surface area contributed by atoms with Crippen molar-refractivity contribution in [2.24, 2.45) is 0 Å². The first-order chi connectivity index (χ1) is 9.51. The first kappa shape index (κ1) is 13.5. The third-order valence-corrected chi connectivity index (χ3v) is 2.49. The van der Waals surface area contributed by atoms with E-state index in [9.17, 15) is 14.9 Å². The van der Waals surface area contributed by atoms with Crippen LogP contribution in [-0.2, 0) is 0 Å². The van der Waals surface area contributed by atoms with Gasteiger partial charge in [0.1, 0.15) is 5.76 Å². The summed E-state index contributed by atoms with van der Waals surface area (Å²) >= 11 is 0. The molecule has 0 aliphatic carbocycles. The number of ether oxygens (including phenoxy) is 1. The Hall–Kier alpha value is -2.90. The van der Waals surface area contributed by atoms with Crippen LogP contribution < -0.4 is 10.1 Å². The number of hydrogen-bond acceptors (Lipinski definition) is 6. The van der Waals surface area contributed by atoms with Crippen LogP contribution in [0.15, 0.2) is 28.8 Å². The number of methoxy groups -OCH3 is 1. The zero-order valence-electron chi connectivity index (χ0n) is 10.7. The summed E-state index contributed by atoms with van der Waals surface area (Å²) in [6, 6.07) is 5.58. The van der Waals surface area contributed by atoms with Gasteiger partial charge in [-0.05, 0) is 19.1 Å². The Bertz CT molecular complexity index is 665. The second-order valence-corrected chi connectivity index (χ2v) is 3.92. The standard InChI is InChI=1S/C12H11N3O5/c1-7-5-9(14-20-7)12(16)13-8-3-4-11(19-2)10(6-8)15(17)18/h3-6H,1-2H3,(H,13,16). The minimum atomic E-state index is -0.589. The lowest BCUT2D eigenvalue weighted by Crippen LogP contribution is -2.12. The van der Waals surface area contributed by atoms with E-state index < -0.39 is 10.8 Å². The molecule has 0 aliphatic heterocycles. The van der Waals surface area contributed by atoms with Gasteiger partial charge in [0.05, 0.1) is 12.0 Å². The first-order valence-electron chi connectivity index (χ1n) is 5.58. The number of benzene rings is 1. The predicted molar refractivity (Wildman–Crippen MR) is 68.8 cm³/mol. The Labute approximate surface area is 113 Å². The number of aryl methyl sites for hydroxylation is 1. The second kappa shape index (κ2) is 5.39. The maximum Gasteiger partial charge on any atom is 0.312 e. The van der Waals surface area contributed by atoms with Gasteiger partial charge in [-0.2, -0.15) is 0 Å².